The van der Waals surface area contributed by atoms with Crippen LogP contribution in [0.3, 0.4) is 0 Å². The van der Waals surface area contributed by atoms with Crippen LogP contribution in [0.5, 0.6) is 11.5 Å². The smallest absolute Gasteiger partial charge is 0.322 e. The molecular formula is C26H29N3O6. The molecule has 4 rings (SSSR count). The molecule has 0 spiro atoms. The van der Waals surface area contributed by atoms with Crippen LogP contribution in [0.1, 0.15) is 16.9 Å². The first-order chi connectivity index (χ1) is 17.0. The van der Waals surface area contributed by atoms with E-state index in [0.717, 1.165) is 11.1 Å². The average molecular weight is 480 g/mol. The maximum Gasteiger partial charge on any atom is 0.322 e. The van der Waals surface area contributed by atoms with Crippen molar-refractivity contribution in [2.45, 2.75) is 20.0 Å². The Labute approximate surface area is 204 Å². The highest BCUT2D eigenvalue weighted by Crippen LogP contribution is 2.33. The first-order valence-corrected chi connectivity index (χ1v) is 11.3. The number of aryl methyl sites for hydroxylation is 1. The van der Waals surface area contributed by atoms with Crippen LogP contribution in [0.4, 0.5) is 10.5 Å². The second-order valence-corrected chi connectivity index (χ2v) is 8.23. The first-order valence-electron chi connectivity index (χ1n) is 11.3. The molecule has 9 nitrogen and oxygen atoms in total. The van der Waals surface area contributed by atoms with Crippen molar-refractivity contribution in [3.63, 3.8) is 0 Å². The molecule has 184 valence electrons. The molecule has 0 radical (unpaired) electrons. The van der Waals surface area contributed by atoms with E-state index in [0.29, 0.717) is 36.1 Å². The summed E-state index contributed by atoms with van der Waals surface area (Å²) in [5.41, 5.74) is 2.62. The maximum absolute atomic E-state index is 13.4. The number of hydrogen-bond donors (Lipinski definition) is 1. The summed E-state index contributed by atoms with van der Waals surface area (Å²) in [7, 11) is 1.56. The molecular weight excluding hydrogens is 450 g/mol. The number of benzene rings is 2. The van der Waals surface area contributed by atoms with Crippen molar-refractivity contribution in [2.24, 2.45) is 0 Å². The Kier molecular flexibility index (Phi) is 7.89. The third-order valence-electron chi connectivity index (χ3n) is 5.57. The number of anilines is 1. The van der Waals surface area contributed by atoms with Crippen LogP contribution in [0, 0.1) is 6.92 Å². The number of nitrogens with one attached hydrogen (secondary N) is 1. The van der Waals surface area contributed by atoms with Gasteiger partial charge in [-0.2, -0.15) is 0 Å². The van der Waals surface area contributed by atoms with Crippen molar-refractivity contribution in [1.82, 2.24) is 9.80 Å². The summed E-state index contributed by atoms with van der Waals surface area (Å²) >= 11 is 0. The summed E-state index contributed by atoms with van der Waals surface area (Å²) in [5.74, 6) is 1.74. The number of fused-ring (bicyclic) bond motifs is 1. The Hall–Kier alpha value is -3.98. The van der Waals surface area contributed by atoms with E-state index in [1.165, 1.54) is 4.90 Å². The van der Waals surface area contributed by atoms with Gasteiger partial charge >= 0.3 is 6.03 Å². The van der Waals surface area contributed by atoms with Crippen LogP contribution in [-0.2, 0) is 22.6 Å². The minimum Gasteiger partial charge on any atom is -0.467 e. The van der Waals surface area contributed by atoms with Crippen molar-refractivity contribution in [3.8, 4) is 11.5 Å². The fourth-order valence-electron chi connectivity index (χ4n) is 3.64. The molecule has 0 saturated heterocycles. The first kappa shape index (κ1) is 24.2. The SMILES string of the molecule is COCCN(CC(=O)N(Cc1ccc2c(c1)OCO2)Cc1ccco1)C(=O)Nc1ccc(C)cc1. The molecule has 1 aliphatic heterocycles. The van der Waals surface area contributed by atoms with Crippen LogP contribution < -0.4 is 14.8 Å². The zero-order valence-electron chi connectivity index (χ0n) is 19.9. The molecule has 1 N–H and O–H groups in total. The number of methoxy groups -OCH3 is 1. The number of amides is 3. The Balaban J connectivity index is 1.48. The highest BCUT2D eigenvalue weighted by Gasteiger charge is 2.23. The highest BCUT2D eigenvalue weighted by atomic mass is 16.7. The van der Waals surface area contributed by atoms with Gasteiger partial charge in [0, 0.05) is 25.9 Å². The lowest BCUT2D eigenvalue weighted by Crippen LogP contribution is -2.45. The van der Waals surface area contributed by atoms with Gasteiger partial charge in [-0.3, -0.25) is 4.79 Å². The minimum absolute atomic E-state index is 0.119. The van der Waals surface area contributed by atoms with E-state index in [1.54, 1.807) is 24.3 Å². The normalized spacial score (nSPS) is 11.8. The van der Waals surface area contributed by atoms with E-state index in [-0.39, 0.29) is 38.4 Å². The van der Waals surface area contributed by atoms with Crippen molar-refractivity contribution < 1.29 is 28.2 Å². The molecule has 3 aromatic rings. The van der Waals surface area contributed by atoms with Crippen LogP contribution >= 0.6 is 0 Å². The molecule has 0 aliphatic carbocycles. The minimum atomic E-state index is -0.375. The van der Waals surface area contributed by atoms with Gasteiger partial charge < -0.3 is 33.7 Å². The van der Waals surface area contributed by atoms with Crippen molar-refractivity contribution >= 4 is 17.6 Å². The Morgan fingerprint density at radius 1 is 1.00 bits per heavy atom. The zero-order valence-corrected chi connectivity index (χ0v) is 19.9. The van der Waals surface area contributed by atoms with Gasteiger partial charge in [-0.15, -0.1) is 0 Å². The van der Waals surface area contributed by atoms with E-state index in [4.69, 9.17) is 18.6 Å². The third kappa shape index (κ3) is 6.54. The lowest BCUT2D eigenvalue weighted by Gasteiger charge is -2.27. The van der Waals surface area contributed by atoms with E-state index in [1.807, 2.05) is 55.5 Å². The summed E-state index contributed by atoms with van der Waals surface area (Å²) < 4.78 is 21.5. The van der Waals surface area contributed by atoms with Crippen molar-refractivity contribution in [2.75, 3.05) is 38.9 Å². The summed E-state index contributed by atoms with van der Waals surface area (Å²) in [4.78, 5) is 29.5. The third-order valence-corrected chi connectivity index (χ3v) is 5.57. The zero-order chi connectivity index (χ0) is 24.6. The van der Waals surface area contributed by atoms with Crippen molar-refractivity contribution in [3.05, 3.63) is 77.7 Å². The largest absolute Gasteiger partial charge is 0.467 e. The van der Waals surface area contributed by atoms with Gasteiger partial charge in [0.15, 0.2) is 11.5 Å². The summed E-state index contributed by atoms with van der Waals surface area (Å²) in [6, 6.07) is 16.3. The van der Waals surface area contributed by atoms with Gasteiger partial charge in [-0.25, -0.2) is 4.79 Å². The molecule has 0 bridgehead atoms. The predicted octanol–water partition coefficient (Wildman–Crippen LogP) is 4.03. The van der Waals surface area contributed by atoms with E-state index >= 15 is 0 Å². The monoisotopic (exact) mass is 479 g/mol. The number of nitrogens with zero attached hydrogens (tertiary/aromatic N) is 2. The summed E-state index contributed by atoms with van der Waals surface area (Å²) in [6.07, 6.45) is 1.57. The number of ether oxygens (including phenoxy) is 3. The number of carbonyl (C=O) groups excluding carboxylic acids is 2. The molecule has 2 aromatic carbocycles. The Morgan fingerprint density at radius 2 is 1.80 bits per heavy atom. The predicted molar refractivity (Wildman–Crippen MR) is 129 cm³/mol. The van der Waals surface area contributed by atoms with Crippen LogP contribution in [0.2, 0.25) is 0 Å². The van der Waals surface area contributed by atoms with Gasteiger partial charge in [0.1, 0.15) is 12.3 Å². The van der Waals surface area contributed by atoms with Gasteiger partial charge in [0.25, 0.3) is 0 Å². The maximum atomic E-state index is 13.4. The summed E-state index contributed by atoms with van der Waals surface area (Å²) in [6.45, 7) is 3.17. The lowest BCUT2D eigenvalue weighted by molar-refractivity contribution is -0.133. The second kappa shape index (κ2) is 11.4. The van der Waals surface area contributed by atoms with E-state index < -0.39 is 0 Å². The number of hydrogen-bond acceptors (Lipinski definition) is 6. The second-order valence-electron chi connectivity index (χ2n) is 8.23. The quantitative estimate of drug-likeness (QED) is 0.472. The molecule has 9 heteroatoms. The fourth-order valence-corrected chi connectivity index (χ4v) is 3.64. The van der Waals surface area contributed by atoms with Gasteiger partial charge in [-0.1, -0.05) is 23.8 Å². The molecule has 0 unspecified atom stereocenters. The molecule has 0 fully saturated rings. The summed E-state index contributed by atoms with van der Waals surface area (Å²) in [5, 5.41) is 2.86. The molecule has 2 heterocycles. The van der Waals surface area contributed by atoms with Crippen molar-refractivity contribution in [1.29, 1.82) is 0 Å². The van der Waals surface area contributed by atoms with E-state index in [2.05, 4.69) is 5.32 Å². The molecule has 0 saturated carbocycles. The molecule has 35 heavy (non-hydrogen) atoms. The van der Waals surface area contributed by atoms with E-state index in [9.17, 15) is 9.59 Å². The van der Waals surface area contributed by atoms with Gasteiger partial charge in [0.2, 0.25) is 12.7 Å². The van der Waals surface area contributed by atoms with Gasteiger partial charge in [0.05, 0.1) is 19.4 Å². The molecule has 0 atom stereocenters. The highest BCUT2D eigenvalue weighted by molar-refractivity contribution is 5.92. The molecule has 1 aromatic heterocycles. The van der Waals surface area contributed by atoms with Crippen LogP contribution in [0.15, 0.2) is 65.3 Å². The lowest BCUT2D eigenvalue weighted by atomic mass is 10.2. The van der Waals surface area contributed by atoms with Gasteiger partial charge in [-0.05, 0) is 48.9 Å². The number of urea groups is 1. The molecule has 1 aliphatic rings. The Morgan fingerprint density at radius 3 is 2.54 bits per heavy atom. The standard InChI is InChI=1S/C26H29N3O6/c1-19-5-8-21(9-6-19)27-26(31)28(11-13-32-2)17-25(30)29(16-22-4-3-12-33-22)15-20-7-10-23-24(14-20)35-18-34-23/h3-10,12,14H,11,13,15-18H2,1-2H3,(H,27,31). The molecule has 3 amide bonds. The van der Waals surface area contributed by atoms with Crippen LogP contribution in [-0.4, -0.2) is 55.3 Å². The fraction of sp³-hybridized carbons (Fsp3) is 0.308. The topological polar surface area (TPSA) is 93.5 Å². The van der Waals surface area contributed by atoms with Crippen LogP contribution in [0.25, 0.3) is 0 Å². The number of rotatable bonds is 10. The Bertz CT molecular complexity index is 1130. The average Bonchev–Trinajstić information content (AvgIpc) is 3.54. The number of carbonyl (C=O) groups is 2. The number of furan rings is 1.